The van der Waals surface area contributed by atoms with E-state index in [1.807, 2.05) is 0 Å². The molecule has 4 rings (SSSR count). The van der Waals surface area contributed by atoms with Crippen LogP contribution < -0.4 is 0 Å². The SMILES string of the molecule is C#CB(N(C1CCCCC1)C1CCCCC1)N(C1CCCCC1)C1CCCCC1. The van der Waals surface area contributed by atoms with Gasteiger partial charge in [0.05, 0.1) is 0 Å². The Labute approximate surface area is 181 Å². The molecule has 0 bridgehead atoms. The van der Waals surface area contributed by atoms with Gasteiger partial charge in [-0.15, -0.1) is 12.2 Å². The van der Waals surface area contributed by atoms with Crippen molar-refractivity contribution in [2.75, 3.05) is 0 Å². The Hall–Kier alpha value is -0.455. The van der Waals surface area contributed by atoms with E-state index in [2.05, 4.69) is 15.4 Å². The molecule has 0 saturated heterocycles. The van der Waals surface area contributed by atoms with Crippen molar-refractivity contribution in [1.82, 2.24) is 9.62 Å². The molecule has 4 fully saturated rings. The van der Waals surface area contributed by atoms with Gasteiger partial charge in [-0.3, -0.25) is 0 Å². The third-order valence-electron chi connectivity index (χ3n) is 8.70. The van der Waals surface area contributed by atoms with Crippen molar-refractivity contribution in [3.8, 4) is 12.2 Å². The number of nitrogens with zero attached hydrogens (tertiary/aromatic N) is 2. The summed E-state index contributed by atoms with van der Waals surface area (Å²) in [6.45, 7) is 0.257. The van der Waals surface area contributed by atoms with Gasteiger partial charge < -0.3 is 9.62 Å². The number of hydrogen-bond donors (Lipinski definition) is 0. The van der Waals surface area contributed by atoms with Crippen LogP contribution in [0.4, 0.5) is 0 Å². The Morgan fingerprint density at radius 3 is 0.897 bits per heavy atom. The molecule has 4 saturated carbocycles. The lowest BCUT2D eigenvalue weighted by Crippen LogP contribution is -2.65. The molecule has 2 nitrogen and oxygen atoms in total. The standard InChI is InChI=1S/C26H45BN2/c1-2-27(28(23-15-7-3-8-16-23)24-17-9-4-10-18-24)29(25-19-11-5-12-20-25)26-21-13-6-14-22-26/h1,23-26H,3-22H2. The minimum Gasteiger partial charge on any atom is -0.311 e. The van der Waals surface area contributed by atoms with Crippen LogP contribution in [0, 0.1) is 12.2 Å². The fraction of sp³-hybridized carbons (Fsp3) is 0.923. The zero-order chi connectivity index (χ0) is 19.9. The van der Waals surface area contributed by atoms with E-state index in [0.717, 1.165) is 24.2 Å². The molecule has 0 unspecified atom stereocenters. The van der Waals surface area contributed by atoms with Gasteiger partial charge in [0.1, 0.15) is 0 Å². The minimum absolute atomic E-state index is 0.257. The summed E-state index contributed by atoms with van der Waals surface area (Å²) in [6, 6.07) is 2.95. The van der Waals surface area contributed by atoms with Gasteiger partial charge in [0.15, 0.2) is 0 Å². The monoisotopic (exact) mass is 396 g/mol. The molecule has 162 valence electrons. The summed E-state index contributed by atoms with van der Waals surface area (Å²) in [5.74, 6) is 3.44. The highest BCUT2D eigenvalue weighted by molar-refractivity contribution is 6.62. The Kier molecular flexibility index (Phi) is 8.44. The zero-order valence-electron chi connectivity index (χ0n) is 19.0. The molecule has 0 aromatic carbocycles. The Balaban J connectivity index is 1.62. The van der Waals surface area contributed by atoms with Crippen LogP contribution in [0.25, 0.3) is 0 Å². The number of terminal acetylenes is 1. The summed E-state index contributed by atoms with van der Waals surface area (Å²) in [5, 5.41) is 0. The Bertz CT molecular complexity index is 429. The first-order valence-corrected chi connectivity index (χ1v) is 13.4. The highest BCUT2D eigenvalue weighted by Crippen LogP contribution is 2.36. The summed E-state index contributed by atoms with van der Waals surface area (Å²) >= 11 is 0. The van der Waals surface area contributed by atoms with Crippen LogP contribution in [0.3, 0.4) is 0 Å². The summed E-state index contributed by atoms with van der Waals surface area (Å²) in [4.78, 5) is 5.89. The maximum absolute atomic E-state index is 6.47. The van der Waals surface area contributed by atoms with E-state index < -0.39 is 0 Å². The molecule has 0 N–H and O–H groups in total. The van der Waals surface area contributed by atoms with E-state index in [4.69, 9.17) is 6.42 Å². The van der Waals surface area contributed by atoms with Crippen molar-refractivity contribution in [1.29, 1.82) is 0 Å². The van der Waals surface area contributed by atoms with Crippen LogP contribution in [0.1, 0.15) is 128 Å². The maximum atomic E-state index is 6.47. The van der Waals surface area contributed by atoms with Gasteiger partial charge in [0.2, 0.25) is 0 Å². The van der Waals surface area contributed by atoms with Crippen LogP contribution in [-0.4, -0.2) is 40.8 Å². The molecule has 0 spiro atoms. The molecule has 0 amide bonds. The lowest BCUT2D eigenvalue weighted by Gasteiger charge is -2.51. The van der Waals surface area contributed by atoms with Crippen molar-refractivity contribution in [3.05, 3.63) is 0 Å². The topological polar surface area (TPSA) is 6.48 Å². The first kappa shape index (κ1) is 21.8. The second-order valence-corrected chi connectivity index (χ2v) is 10.6. The molecule has 4 aliphatic rings. The Morgan fingerprint density at radius 1 is 0.448 bits per heavy atom. The number of hydrogen-bond acceptors (Lipinski definition) is 2. The predicted molar refractivity (Wildman–Crippen MR) is 126 cm³/mol. The smallest absolute Gasteiger partial charge is 0.311 e. The summed E-state index contributed by atoms with van der Waals surface area (Å²) in [6.07, 6.45) is 34.6. The van der Waals surface area contributed by atoms with Crippen molar-refractivity contribution in [3.63, 3.8) is 0 Å². The molecular formula is C26H45BN2. The number of rotatable bonds is 6. The summed E-state index contributed by atoms with van der Waals surface area (Å²) in [7, 11) is 0. The third kappa shape index (κ3) is 5.43. The normalized spacial score (nSPS) is 26.7. The summed E-state index contributed by atoms with van der Waals surface area (Å²) in [5.41, 5.74) is 0. The molecular weight excluding hydrogens is 351 g/mol. The highest BCUT2D eigenvalue weighted by atomic mass is 15.3. The van der Waals surface area contributed by atoms with E-state index in [-0.39, 0.29) is 6.98 Å². The van der Waals surface area contributed by atoms with Crippen molar-refractivity contribution < 1.29 is 0 Å². The van der Waals surface area contributed by atoms with Crippen LogP contribution in [0.15, 0.2) is 0 Å². The molecule has 0 heterocycles. The van der Waals surface area contributed by atoms with Crippen molar-refractivity contribution in [2.24, 2.45) is 0 Å². The lowest BCUT2D eigenvalue weighted by molar-refractivity contribution is 0.113. The van der Waals surface area contributed by atoms with E-state index >= 15 is 0 Å². The first-order chi connectivity index (χ1) is 14.4. The first-order valence-electron chi connectivity index (χ1n) is 13.4. The molecule has 0 radical (unpaired) electrons. The lowest BCUT2D eigenvalue weighted by atomic mass is 9.63. The largest absolute Gasteiger partial charge is 0.400 e. The average molecular weight is 396 g/mol. The van der Waals surface area contributed by atoms with Gasteiger partial charge in [0, 0.05) is 24.2 Å². The van der Waals surface area contributed by atoms with Gasteiger partial charge in [-0.2, -0.15) is 0 Å². The minimum atomic E-state index is 0.257. The van der Waals surface area contributed by atoms with Gasteiger partial charge in [-0.25, -0.2) is 0 Å². The molecule has 4 aliphatic carbocycles. The quantitative estimate of drug-likeness (QED) is 0.369. The second kappa shape index (κ2) is 11.2. The molecule has 0 aliphatic heterocycles. The van der Waals surface area contributed by atoms with Crippen LogP contribution >= 0.6 is 0 Å². The van der Waals surface area contributed by atoms with Gasteiger partial charge in [0.25, 0.3) is 0 Å². The fourth-order valence-electron chi connectivity index (χ4n) is 7.24. The maximum Gasteiger partial charge on any atom is 0.400 e. The van der Waals surface area contributed by atoms with E-state index in [0.29, 0.717) is 0 Å². The van der Waals surface area contributed by atoms with E-state index in [1.165, 1.54) is 128 Å². The molecule has 29 heavy (non-hydrogen) atoms. The molecule has 3 heteroatoms. The van der Waals surface area contributed by atoms with Crippen LogP contribution in [-0.2, 0) is 0 Å². The fourth-order valence-corrected chi connectivity index (χ4v) is 7.24. The third-order valence-corrected chi connectivity index (χ3v) is 8.70. The van der Waals surface area contributed by atoms with E-state index in [9.17, 15) is 0 Å². The molecule has 0 aromatic rings. The van der Waals surface area contributed by atoms with Crippen LogP contribution in [0.2, 0.25) is 0 Å². The van der Waals surface area contributed by atoms with Gasteiger partial charge >= 0.3 is 6.98 Å². The van der Waals surface area contributed by atoms with Crippen LogP contribution in [0.5, 0.6) is 0 Å². The zero-order valence-corrected chi connectivity index (χ0v) is 19.0. The van der Waals surface area contributed by atoms with Crippen molar-refractivity contribution in [2.45, 2.75) is 153 Å². The van der Waals surface area contributed by atoms with Gasteiger partial charge in [-0.1, -0.05) is 77.0 Å². The average Bonchev–Trinajstić information content (AvgIpc) is 2.81. The second-order valence-electron chi connectivity index (χ2n) is 10.6. The molecule has 0 aromatic heterocycles. The van der Waals surface area contributed by atoms with Crippen molar-refractivity contribution >= 4 is 6.98 Å². The van der Waals surface area contributed by atoms with E-state index in [1.54, 1.807) is 0 Å². The highest BCUT2D eigenvalue weighted by Gasteiger charge is 2.44. The summed E-state index contributed by atoms with van der Waals surface area (Å²) < 4.78 is 0. The van der Waals surface area contributed by atoms with Gasteiger partial charge in [-0.05, 0) is 51.4 Å². The predicted octanol–water partition coefficient (Wildman–Crippen LogP) is 6.58. The Morgan fingerprint density at radius 2 is 0.690 bits per heavy atom. The molecule has 0 atom stereocenters.